The van der Waals surface area contributed by atoms with Gasteiger partial charge in [-0.15, -0.1) is 0 Å². The lowest BCUT2D eigenvalue weighted by Crippen LogP contribution is -2.50. The second-order valence-corrected chi connectivity index (χ2v) is 10.0. The summed E-state index contributed by atoms with van der Waals surface area (Å²) < 4.78 is 60.0. The number of hydrogen-bond acceptors (Lipinski definition) is 3. The summed E-state index contributed by atoms with van der Waals surface area (Å²) in [6, 6.07) is 22.4. The molecule has 1 amide bonds. The normalized spacial score (nSPS) is 18.3. The van der Waals surface area contributed by atoms with E-state index >= 15 is 0 Å². The fourth-order valence-electron chi connectivity index (χ4n) is 5.19. The van der Waals surface area contributed by atoms with Crippen molar-refractivity contribution >= 4 is 5.91 Å². The van der Waals surface area contributed by atoms with Gasteiger partial charge in [-0.3, -0.25) is 4.79 Å². The highest BCUT2D eigenvalue weighted by atomic mass is 19.4. The smallest absolute Gasteiger partial charge is 0.373 e. The van der Waals surface area contributed by atoms with Crippen molar-refractivity contribution < 1.29 is 27.1 Å². The van der Waals surface area contributed by atoms with Crippen molar-refractivity contribution in [2.45, 2.75) is 31.2 Å². The number of hydrogen-bond donors (Lipinski definition) is 0. The first-order valence-electron chi connectivity index (χ1n) is 12.6. The number of amides is 1. The SMILES string of the molecule is CN(C)CC(=O)N1CC[C@H](OCc2cc(F)cc(C(F)(F)F)c2)[C@H](C(c2ccccc2)c2ccccc2)C1. The number of carbonyl (C=O) groups is 1. The standard InChI is InChI=1S/C30H32F4N2O2/c1-35(2)19-28(37)36-14-13-27(38-20-21-15-24(30(32,33)34)17-25(31)16-21)26(18-36)29(22-9-5-3-6-10-22)23-11-7-4-8-12-23/h3-12,15-17,26-27,29H,13-14,18-20H2,1-2H3/t26-,27+/m1/s1. The number of carbonyl (C=O) groups excluding carboxylic acids is 1. The van der Waals surface area contributed by atoms with Gasteiger partial charge in [0.25, 0.3) is 0 Å². The zero-order valence-corrected chi connectivity index (χ0v) is 21.5. The summed E-state index contributed by atoms with van der Waals surface area (Å²) in [5.74, 6) is -1.23. The molecule has 4 rings (SSSR count). The van der Waals surface area contributed by atoms with Crippen LogP contribution >= 0.6 is 0 Å². The van der Waals surface area contributed by atoms with Crippen LogP contribution in [-0.4, -0.2) is 55.5 Å². The number of halogens is 4. The first-order chi connectivity index (χ1) is 18.1. The quantitative estimate of drug-likeness (QED) is 0.338. The highest BCUT2D eigenvalue weighted by Gasteiger charge is 2.39. The predicted molar refractivity (Wildman–Crippen MR) is 138 cm³/mol. The molecular weight excluding hydrogens is 496 g/mol. The van der Waals surface area contributed by atoms with Crippen LogP contribution < -0.4 is 0 Å². The first-order valence-corrected chi connectivity index (χ1v) is 12.6. The maximum Gasteiger partial charge on any atom is 0.416 e. The lowest BCUT2D eigenvalue weighted by molar-refractivity contribution is -0.138. The highest BCUT2D eigenvalue weighted by Crippen LogP contribution is 2.39. The number of benzene rings is 3. The average molecular weight is 529 g/mol. The van der Waals surface area contributed by atoms with Gasteiger partial charge in [0.1, 0.15) is 5.82 Å². The van der Waals surface area contributed by atoms with Crippen molar-refractivity contribution in [1.82, 2.24) is 9.80 Å². The summed E-state index contributed by atoms with van der Waals surface area (Å²) in [6.07, 6.45) is -4.49. The van der Waals surface area contributed by atoms with Crippen molar-refractivity contribution in [3.63, 3.8) is 0 Å². The highest BCUT2D eigenvalue weighted by molar-refractivity contribution is 5.78. The molecule has 0 N–H and O–H groups in total. The first kappa shape index (κ1) is 27.8. The lowest BCUT2D eigenvalue weighted by atomic mass is 9.75. The topological polar surface area (TPSA) is 32.8 Å². The molecule has 0 spiro atoms. The Labute approximate surface area is 220 Å². The second-order valence-electron chi connectivity index (χ2n) is 10.0. The predicted octanol–water partition coefficient (Wildman–Crippen LogP) is 5.97. The number of ether oxygens (including phenoxy) is 1. The third kappa shape index (κ3) is 6.99. The fourth-order valence-corrected chi connectivity index (χ4v) is 5.19. The number of likely N-dealkylation sites (tertiary alicyclic amines) is 1. The molecule has 0 aromatic heterocycles. The summed E-state index contributed by atoms with van der Waals surface area (Å²) in [5.41, 5.74) is 1.20. The Balaban J connectivity index is 1.66. The number of nitrogens with zero attached hydrogens (tertiary/aromatic N) is 2. The van der Waals surface area contributed by atoms with Crippen LogP contribution in [0.3, 0.4) is 0 Å². The van der Waals surface area contributed by atoms with Gasteiger partial charge >= 0.3 is 6.18 Å². The van der Waals surface area contributed by atoms with Crippen molar-refractivity contribution in [2.75, 3.05) is 33.7 Å². The van der Waals surface area contributed by atoms with Crippen LogP contribution in [0.4, 0.5) is 17.6 Å². The van der Waals surface area contributed by atoms with E-state index in [9.17, 15) is 22.4 Å². The van der Waals surface area contributed by atoms with Crippen molar-refractivity contribution in [2.24, 2.45) is 5.92 Å². The van der Waals surface area contributed by atoms with E-state index in [2.05, 4.69) is 0 Å². The minimum Gasteiger partial charge on any atom is -0.373 e. The van der Waals surface area contributed by atoms with E-state index < -0.39 is 17.6 Å². The molecule has 3 aromatic carbocycles. The molecular formula is C30H32F4N2O2. The second kappa shape index (κ2) is 12.1. The Bertz CT molecular complexity index is 1160. The molecule has 38 heavy (non-hydrogen) atoms. The summed E-state index contributed by atoms with van der Waals surface area (Å²) in [4.78, 5) is 16.7. The van der Waals surface area contributed by atoms with Gasteiger partial charge in [0, 0.05) is 24.9 Å². The van der Waals surface area contributed by atoms with Crippen molar-refractivity contribution in [3.05, 3.63) is 107 Å². The number of rotatable bonds is 8. The minimum atomic E-state index is -4.65. The zero-order chi connectivity index (χ0) is 27.3. The van der Waals surface area contributed by atoms with Gasteiger partial charge in [-0.2, -0.15) is 13.2 Å². The van der Waals surface area contributed by atoms with E-state index in [0.717, 1.165) is 23.3 Å². The molecule has 1 aliphatic heterocycles. The summed E-state index contributed by atoms with van der Waals surface area (Å²) >= 11 is 0. The van der Waals surface area contributed by atoms with Gasteiger partial charge in [0.15, 0.2) is 0 Å². The molecule has 0 aliphatic carbocycles. The van der Waals surface area contributed by atoms with E-state index in [4.69, 9.17) is 4.74 Å². The zero-order valence-electron chi connectivity index (χ0n) is 21.5. The van der Waals surface area contributed by atoms with E-state index in [0.29, 0.717) is 25.6 Å². The Morgan fingerprint density at radius 3 is 2.16 bits per heavy atom. The summed E-state index contributed by atoms with van der Waals surface area (Å²) in [5, 5.41) is 0. The maximum atomic E-state index is 14.0. The van der Waals surface area contributed by atoms with Crippen LogP contribution in [0.2, 0.25) is 0 Å². The van der Waals surface area contributed by atoms with Gasteiger partial charge in [-0.05, 0) is 55.4 Å². The Hall–Kier alpha value is -3.23. The van der Waals surface area contributed by atoms with E-state index in [1.807, 2.05) is 84.6 Å². The summed E-state index contributed by atoms with van der Waals surface area (Å²) in [7, 11) is 3.69. The molecule has 1 aliphatic rings. The molecule has 1 heterocycles. The monoisotopic (exact) mass is 528 g/mol. The molecule has 3 aromatic rings. The van der Waals surface area contributed by atoms with Crippen LogP contribution in [0.15, 0.2) is 78.9 Å². The van der Waals surface area contributed by atoms with Crippen LogP contribution in [0.5, 0.6) is 0 Å². The Morgan fingerprint density at radius 1 is 1.00 bits per heavy atom. The maximum absolute atomic E-state index is 14.0. The third-order valence-electron chi connectivity index (χ3n) is 6.89. The number of likely N-dealkylation sites (N-methyl/N-ethyl adjacent to an activating group) is 1. The molecule has 1 fully saturated rings. The van der Waals surface area contributed by atoms with E-state index in [-0.39, 0.29) is 42.6 Å². The lowest BCUT2D eigenvalue weighted by Gasteiger charge is -2.43. The molecule has 0 radical (unpaired) electrons. The molecule has 8 heteroatoms. The van der Waals surface area contributed by atoms with Gasteiger partial charge in [0.2, 0.25) is 5.91 Å². The molecule has 2 atom stereocenters. The number of piperidine rings is 1. The molecule has 0 saturated carbocycles. The van der Waals surface area contributed by atoms with Crippen LogP contribution in [-0.2, 0) is 22.3 Å². The van der Waals surface area contributed by atoms with Crippen molar-refractivity contribution in [1.29, 1.82) is 0 Å². The molecule has 0 unspecified atom stereocenters. The third-order valence-corrected chi connectivity index (χ3v) is 6.89. The van der Waals surface area contributed by atoms with Gasteiger partial charge in [-0.25, -0.2) is 4.39 Å². The molecule has 1 saturated heterocycles. The Morgan fingerprint density at radius 2 is 1.61 bits per heavy atom. The Kier molecular flexibility index (Phi) is 8.84. The molecule has 0 bridgehead atoms. The van der Waals surface area contributed by atoms with E-state index in [1.54, 1.807) is 0 Å². The van der Waals surface area contributed by atoms with Gasteiger partial charge in [0.05, 0.1) is 24.8 Å². The van der Waals surface area contributed by atoms with Gasteiger partial charge < -0.3 is 14.5 Å². The van der Waals surface area contributed by atoms with Crippen molar-refractivity contribution in [3.8, 4) is 0 Å². The minimum absolute atomic E-state index is 0.0123. The molecule has 202 valence electrons. The van der Waals surface area contributed by atoms with Crippen LogP contribution in [0, 0.1) is 11.7 Å². The van der Waals surface area contributed by atoms with Crippen LogP contribution in [0.1, 0.15) is 34.6 Å². The summed E-state index contributed by atoms with van der Waals surface area (Å²) in [6.45, 7) is 1.02. The van der Waals surface area contributed by atoms with Gasteiger partial charge in [-0.1, -0.05) is 60.7 Å². The average Bonchev–Trinajstić information content (AvgIpc) is 2.88. The largest absolute Gasteiger partial charge is 0.416 e. The van der Waals surface area contributed by atoms with Crippen LogP contribution in [0.25, 0.3) is 0 Å². The molecule has 4 nitrogen and oxygen atoms in total. The number of alkyl halides is 3. The van der Waals surface area contributed by atoms with E-state index in [1.165, 1.54) is 0 Å². The fraction of sp³-hybridized carbons (Fsp3) is 0.367.